The standard InChI is InChI=1S/C49H52ClN9O6S2/c1-28-30(3)67-48-41(28)42(33-16-18-35(50)19-17-33)54-37(45-57-56-31(4)59(45)48)23-39(61)51-20-10-8-9-11-21-65-26-40(62)55-44(49(5,6)7)47(64)58-25-36(60)22-38(58)46(63)52-24-32-12-14-34(15-13-32)43-29(2)53-27-66-43/h12-19,27,36-38,44,60H,20-26H2,1-7H3,(H,51,61)(H,52,63)(H,55,62). The average Bonchev–Trinajstić information content (AvgIpc) is 4.06. The molecule has 0 saturated carbocycles. The molecule has 348 valence electrons. The van der Waals surface area contributed by atoms with Crippen molar-refractivity contribution in [2.75, 3.05) is 26.3 Å². The van der Waals surface area contributed by atoms with E-state index in [9.17, 15) is 24.3 Å². The molecule has 2 aliphatic rings. The maximum absolute atomic E-state index is 14.0. The van der Waals surface area contributed by atoms with Gasteiger partial charge in [-0.05, 0) is 73.8 Å². The largest absolute Gasteiger partial charge is 0.391 e. The minimum Gasteiger partial charge on any atom is -0.391 e. The summed E-state index contributed by atoms with van der Waals surface area (Å²) in [7, 11) is 0. The molecule has 2 aliphatic heterocycles. The van der Waals surface area contributed by atoms with Crippen molar-refractivity contribution in [1.29, 1.82) is 0 Å². The van der Waals surface area contributed by atoms with Gasteiger partial charge in [-0.2, -0.15) is 0 Å². The molecule has 1 saturated heterocycles. The van der Waals surface area contributed by atoms with Crippen LogP contribution in [0.25, 0.3) is 15.4 Å². The van der Waals surface area contributed by atoms with Gasteiger partial charge in [0.25, 0.3) is 0 Å². The Bertz CT molecular complexity index is 2820. The predicted molar refractivity (Wildman–Crippen MR) is 259 cm³/mol. The van der Waals surface area contributed by atoms with Crippen molar-refractivity contribution >= 4 is 63.6 Å². The Hall–Kier alpha value is -6.21. The number of aliphatic hydroxyl groups excluding tert-OH is 1. The number of rotatable bonds is 13. The van der Waals surface area contributed by atoms with E-state index in [0.717, 1.165) is 54.0 Å². The van der Waals surface area contributed by atoms with Gasteiger partial charge in [0.15, 0.2) is 5.82 Å². The topological polar surface area (TPSA) is 193 Å². The normalized spacial score (nSPS) is 16.8. The summed E-state index contributed by atoms with van der Waals surface area (Å²) >= 11 is 9.42. The summed E-state index contributed by atoms with van der Waals surface area (Å²) in [6.45, 7) is 13.1. The second-order valence-electron chi connectivity index (χ2n) is 17.4. The van der Waals surface area contributed by atoms with Crippen LogP contribution in [-0.2, 0) is 30.5 Å². The number of likely N-dealkylation sites (tertiary alicyclic amines) is 1. The molecule has 0 spiro atoms. The second kappa shape index (κ2) is 21.2. The van der Waals surface area contributed by atoms with Crippen LogP contribution in [0.1, 0.15) is 84.1 Å². The summed E-state index contributed by atoms with van der Waals surface area (Å²) in [4.78, 5) is 66.7. The van der Waals surface area contributed by atoms with E-state index in [4.69, 9.17) is 21.3 Å². The number of aliphatic imine (C=N–C) groups is 1. The van der Waals surface area contributed by atoms with E-state index in [1.54, 1.807) is 49.0 Å². The smallest absolute Gasteiger partial charge is 0.246 e. The highest BCUT2D eigenvalue weighted by molar-refractivity contribution is 7.15. The zero-order valence-corrected chi connectivity index (χ0v) is 40.7. The molecule has 5 heterocycles. The zero-order chi connectivity index (χ0) is 48.0. The van der Waals surface area contributed by atoms with Crippen molar-refractivity contribution in [3.63, 3.8) is 0 Å². The number of benzene rings is 2. The van der Waals surface area contributed by atoms with E-state index in [1.807, 2.05) is 66.9 Å². The molecule has 67 heavy (non-hydrogen) atoms. The minimum absolute atomic E-state index is 0.00783. The first kappa shape index (κ1) is 48.7. The number of aryl methyl sites for hydroxylation is 3. The second-order valence-corrected chi connectivity index (χ2v) is 19.9. The van der Waals surface area contributed by atoms with E-state index in [-0.39, 0.29) is 51.6 Å². The number of carbonyl (C=O) groups excluding carboxylic acids is 4. The highest BCUT2D eigenvalue weighted by Crippen LogP contribution is 2.40. The van der Waals surface area contributed by atoms with Crippen LogP contribution in [0.3, 0.4) is 0 Å². The fraction of sp³-hybridized carbons (Fsp3) is 0.388. The number of nitrogens with zero attached hydrogens (tertiary/aromatic N) is 6. The van der Waals surface area contributed by atoms with E-state index >= 15 is 0 Å². The first-order valence-corrected chi connectivity index (χ1v) is 23.8. The molecule has 18 heteroatoms. The van der Waals surface area contributed by atoms with Gasteiger partial charge in [0.05, 0.1) is 40.9 Å². The number of nitrogens with one attached hydrogen (secondary N) is 3. The Morgan fingerprint density at radius 2 is 1.67 bits per heavy atom. The molecule has 3 aromatic heterocycles. The molecular formula is C49H52ClN9O6S2. The fourth-order valence-corrected chi connectivity index (χ4v) is 10.0. The number of amides is 4. The van der Waals surface area contributed by atoms with Crippen molar-refractivity contribution in [1.82, 2.24) is 40.6 Å². The molecule has 0 aliphatic carbocycles. The number of hydrogen-bond acceptors (Lipinski definition) is 12. The number of ether oxygens (including phenoxy) is 1. The van der Waals surface area contributed by atoms with Crippen molar-refractivity contribution < 1.29 is 29.0 Å². The third kappa shape index (κ3) is 11.5. The van der Waals surface area contributed by atoms with Gasteiger partial charge < -0.3 is 30.7 Å². The first-order chi connectivity index (χ1) is 32.0. The molecule has 15 nitrogen and oxygen atoms in total. The molecule has 0 radical (unpaired) electrons. The number of hydrogen-bond donors (Lipinski definition) is 4. The molecule has 0 bridgehead atoms. The van der Waals surface area contributed by atoms with E-state index in [1.165, 1.54) is 4.90 Å². The van der Waals surface area contributed by atoms with Gasteiger partial charge in [0.2, 0.25) is 23.6 Å². The number of halogens is 1. The molecule has 4 atom stereocenters. The lowest BCUT2D eigenvalue weighted by atomic mass is 9.85. The molecule has 7 rings (SSSR count). The molecular weight excluding hydrogens is 910 g/mol. The number of aliphatic hydroxyl groups is 1. The third-order valence-corrected chi connectivity index (χ3v) is 13.9. The number of aromatic nitrogens is 4. The Kier molecular flexibility index (Phi) is 15.4. The van der Waals surface area contributed by atoms with Crippen LogP contribution in [0.15, 0.2) is 59.0 Å². The van der Waals surface area contributed by atoms with Gasteiger partial charge in [-0.15, -0.1) is 32.9 Å². The molecule has 2 aromatic carbocycles. The molecule has 5 aromatic rings. The van der Waals surface area contributed by atoms with E-state index in [2.05, 4.69) is 68.7 Å². The lowest BCUT2D eigenvalue weighted by Crippen LogP contribution is -2.58. The van der Waals surface area contributed by atoms with Crippen molar-refractivity contribution in [3.05, 3.63) is 104 Å². The van der Waals surface area contributed by atoms with Crippen LogP contribution in [-0.4, -0.2) is 104 Å². The van der Waals surface area contributed by atoms with Crippen molar-refractivity contribution in [2.24, 2.45) is 10.4 Å². The van der Waals surface area contributed by atoms with Crippen molar-refractivity contribution in [2.45, 2.75) is 92.1 Å². The van der Waals surface area contributed by atoms with Crippen molar-refractivity contribution in [3.8, 4) is 39.1 Å². The highest BCUT2D eigenvalue weighted by Gasteiger charge is 2.44. The quantitative estimate of drug-likeness (QED) is 0.0863. The number of thiophene rings is 1. The minimum atomic E-state index is -1.01. The zero-order valence-electron chi connectivity index (χ0n) is 38.3. The molecule has 4 unspecified atom stereocenters. The summed E-state index contributed by atoms with van der Waals surface area (Å²) in [6, 6.07) is 12.8. The number of carbonyl (C=O) groups is 4. The summed E-state index contributed by atoms with van der Waals surface area (Å²) < 4.78 is 7.45. The Balaban J connectivity index is 0.882. The van der Waals surface area contributed by atoms with Crippen LogP contribution < -0.4 is 16.0 Å². The average molecular weight is 963 g/mol. The van der Waals surface area contributed by atoms with Crippen LogP contribution in [0.2, 0.25) is 5.02 Å². The van der Waals surface area contributed by atoms with Gasteiger partial charge in [0, 0.05) is 40.5 Å². The predicted octanol–water partition coefficient (Wildman–Crippen LogP) is 5.57. The highest BCUT2D eigenvalue weighted by atomic mass is 35.5. The van der Waals surface area contributed by atoms with E-state index < -0.39 is 47.4 Å². The Labute approximate surface area is 402 Å². The van der Waals surface area contributed by atoms with Gasteiger partial charge in [-0.1, -0.05) is 80.6 Å². The molecule has 4 amide bonds. The third-order valence-electron chi connectivity index (χ3n) is 11.5. The fourth-order valence-electron chi connectivity index (χ4n) is 7.87. The van der Waals surface area contributed by atoms with Gasteiger partial charge in [0.1, 0.15) is 42.2 Å². The van der Waals surface area contributed by atoms with Crippen LogP contribution in [0.5, 0.6) is 0 Å². The van der Waals surface area contributed by atoms with Crippen LogP contribution in [0.4, 0.5) is 0 Å². The van der Waals surface area contributed by atoms with Gasteiger partial charge >= 0.3 is 0 Å². The summed E-state index contributed by atoms with van der Waals surface area (Å²) in [6.07, 6.45) is -0.812. The molecule has 1 fully saturated rings. The monoisotopic (exact) mass is 961 g/mol. The SMILES string of the molecule is Cc1ncsc1-c1ccc(CNC(=O)C2CC(O)CN2C(=O)C(NC(=O)COCC#CC#CCNC(=O)CC2N=C(c3ccc(Cl)cc3)c3c(sc(C)c3C)-n3c(C)nnc32)C(C)(C)C)cc1. The summed E-state index contributed by atoms with van der Waals surface area (Å²) in [5, 5.41) is 29.4. The molecule has 4 N–H and O–H groups in total. The number of thiazole rings is 1. The Morgan fingerprint density at radius 3 is 2.37 bits per heavy atom. The van der Waals surface area contributed by atoms with E-state index in [0.29, 0.717) is 16.7 Å². The van der Waals surface area contributed by atoms with Crippen LogP contribution in [0, 0.1) is 56.8 Å². The maximum atomic E-state index is 14.0. The van der Waals surface area contributed by atoms with Gasteiger partial charge in [-0.3, -0.25) is 28.7 Å². The summed E-state index contributed by atoms with van der Waals surface area (Å²) in [5.74, 6) is 10.5. The summed E-state index contributed by atoms with van der Waals surface area (Å²) in [5.41, 5.74) is 7.64. The number of fused-ring (bicyclic) bond motifs is 3. The lowest BCUT2D eigenvalue weighted by Gasteiger charge is -2.35. The first-order valence-electron chi connectivity index (χ1n) is 21.7. The maximum Gasteiger partial charge on any atom is 0.246 e. The van der Waals surface area contributed by atoms with Crippen LogP contribution >= 0.6 is 34.3 Å². The Morgan fingerprint density at radius 1 is 0.955 bits per heavy atom. The number of β-amino-alcohol motifs (C(OH)–C–C–N with tert-alkyl or cyclic N) is 1. The lowest BCUT2D eigenvalue weighted by molar-refractivity contribution is -0.144. The van der Waals surface area contributed by atoms with Gasteiger partial charge in [-0.25, -0.2) is 4.98 Å².